The van der Waals surface area contributed by atoms with E-state index in [0.29, 0.717) is 24.8 Å². The lowest BCUT2D eigenvalue weighted by molar-refractivity contribution is 0.213. The van der Waals surface area contributed by atoms with Gasteiger partial charge in [-0.1, -0.05) is 25.9 Å². The summed E-state index contributed by atoms with van der Waals surface area (Å²) in [7, 11) is 1.91. The van der Waals surface area contributed by atoms with Gasteiger partial charge in [0.1, 0.15) is 0 Å². The van der Waals surface area contributed by atoms with Gasteiger partial charge in [0, 0.05) is 12.0 Å². The minimum Gasteiger partial charge on any atom is -0.395 e. The van der Waals surface area contributed by atoms with Crippen molar-refractivity contribution in [3.05, 3.63) is 11.7 Å². The van der Waals surface area contributed by atoms with E-state index >= 15 is 0 Å². The Morgan fingerprint density at radius 1 is 1.40 bits per heavy atom. The molecule has 15 heavy (non-hydrogen) atoms. The SMILES string of the molecule is CN(CCO)Cc1noc(C(C)(C)C)n1. The average molecular weight is 213 g/mol. The second kappa shape index (κ2) is 4.72. The first-order valence-corrected chi connectivity index (χ1v) is 5.06. The van der Waals surface area contributed by atoms with E-state index in [1.54, 1.807) is 0 Å². The van der Waals surface area contributed by atoms with Gasteiger partial charge in [-0.15, -0.1) is 0 Å². The van der Waals surface area contributed by atoms with Crippen LogP contribution in [0.4, 0.5) is 0 Å². The third kappa shape index (κ3) is 3.60. The van der Waals surface area contributed by atoms with Gasteiger partial charge < -0.3 is 9.63 Å². The van der Waals surface area contributed by atoms with Crippen molar-refractivity contribution in [2.45, 2.75) is 32.7 Å². The van der Waals surface area contributed by atoms with Gasteiger partial charge in [0.2, 0.25) is 5.89 Å². The molecule has 1 N–H and O–H groups in total. The monoisotopic (exact) mass is 213 g/mol. The van der Waals surface area contributed by atoms with E-state index in [1.807, 2.05) is 32.7 Å². The summed E-state index contributed by atoms with van der Waals surface area (Å²) in [6, 6.07) is 0. The van der Waals surface area contributed by atoms with Crippen molar-refractivity contribution >= 4 is 0 Å². The van der Waals surface area contributed by atoms with Crippen LogP contribution < -0.4 is 0 Å². The van der Waals surface area contributed by atoms with E-state index < -0.39 is 0 Å². The second-order valence-corrected chi connectivity index (χ2v) is 4.73. The predicted molar refractivity (Wildman–Crippen MR) is 56.4 cm³/mol. The maximum Gasteiger partial charge on any atom is 0.232 e. The topological polar surface area (TPSA) is 62.4 Å². The molecule has 1 aromatic rings. The highest BCUT2D eigenvalue weighted by Crippen LogP contribution is 2.19. The van der Waals surface area contributed by atoms with Crippen molar-refractivity contribution < 1.29 is 9.63 Å². The lowest BCUT2D eigenvalue weighted by Crippen LogP contribution is -2.22. The first kappa shape index (κ1) is 12.1. The van der Waals surface area contributed by atoms with Crippen molar-refractivity contribution in [3.63, 3.8) is 0 Å². The fourth-order valence-electron chi connectivity index (χ4n) is 1.11. The van der Waals surface area contributed by atoms with E-state index in [0.717, 1.165) is 0 Å². The molecule has 0 saturated heterocycles. The summed E-state index contributed by atoms with van der Waals surface area (Å²) in [5.74, 6) is 1.31. The van der Waals surface area contributed by atoms with Crippen LogP contribution in [0, 0.1) is 0 Å². The molecular formula is C10H19N3O2. The molecule has 0 aromatic carbocycles. The standard InChI is InChI=1S/C10H19N3O2/c1-10(2,3)9-11-8(12-15-9)7-13(4)5-6-14/h14H,5-7H2,1-4H3. The molecule has 5 nitrogen and oxygen atoms in total. The molecule has 0 radical (unpaired) electrons. The number of rotatable bonds is 4. The minimum absolute atomic E-state index is 0.110. The fraction of sp³-hybridized carbons (Fsp3) is 0.800. The number of nitrogens with zero attached hydrogens (tertiary/aromatic N) is 3. The Bertz CT molecular complexity index is 304. The van der Waals surface area contributed by atoms with E-state index in [9.17, 15) is 0 Å². The number of aliphatic hydroxyl groups is 1. The molecule has 0 unspecified atom stereocenters. The molecular weight excluding hydrogens is 194 g/mol. The van der Waals surface area contributed by atoms with Crippen LogP contribution in [0.1, 0.15) is 32.5 Å². The molecule has 5 heteroatoms. The van der Waals surface area contributed by atoms with Crippen molar-refractivity contribution in [3.8, 4) is 0 Å². The summed E-state index contributed by atoms with van der Waals surface area (Å²) >= 11 is 0. The molecule has 0 aliphatic rings. The van der Waals surface area contributed by atoms with Gasteiger partial charge in [-0.3, -0.25) is 4.90 Å². The van der Waals surface area contributed by atoms with Crippen molar-refractivity contribution in [2.24, 2.45) is 0 Å². The van der Waals surface area contributed by atoms with Crippen molar-refractivity contribution in [1.82, 2.24) is 15.0 Å². The second-order valence-electron chi connectivity index (χ2n) is 4.73. The molecule has 1 aromatic heterocycles. The molecule has 1 heterocycles. The summed E-state index contributed by atoms with van der Waals surface area (Å²) in [6.07, 6.45) is 0. The Labute approximate surface area is 90.1 Å². The van der Waals surface area contributed by atoms with Crippen LogP contribution in [0.15, 0.2) is 4.52 Å². The van der Waals surface area contributed by atoms with Crippen LogP contribution in [0.2, 0.25) is 0 Å². The average Bonchev–Trinajstić information content (AvgIpc) is 2.52. The summed E-state index contributed by atoms with van der Waals surface area (Å²) in [5, 5.41) is 12.6. The highest BCUT2D eigenvalue weighted by Gasteiger charge is 2.21. The largest absolute Gasteiger partial charge is 0.395 e. The van der Waals surface area contributed by atoms with Crippen LogP contribution >= 0.6 is 0 Å². The van der Waals surface area contributed by atoms with Crippen LogP contribution in [0.5, 0.6) is 0 Å². The highest BCUT2D eigenvalue weighted by molar-refractivity contribution is 4.98. The van der Waals surface area contributed by atoms with Gasteiger partial charge in [-0.05, 0) is 7.05 Å². The van der Waals surface area contributed by atoms with Crippen LogP contribution in [-0.2, 0) is 12.0 Å². The van der Waals surface area contributed by atoms with Gasteiger partial charge in [-0.2, -0.15) is 4.98 Å². The Balaban J connectivity index is 2.61. The van der Waals surface area contributed by atoms with Crippen LogP contribution in [-0.4, -0.2) is 40.3 Å². The Hall–Kier alpha value is -0.940. The van der Waals surface area contributed by atoms with E-state index in [-0.39, 0.29) is 12.0 Å². The number of hydrogen-bond donors (Lipinski definition) is 1. The van der Waals surface area contributed by atoms with E-state index in [2.05, 4.69) is 10.1 Å². The smallest absolute Gasteiger partial charge is 0.232 e. The summed E-state index contributed by atoms with van der Waals surface area (Å²) in [6.45, 7) is 7.44. The third-order valence-electron chi connectivity index (χ3n) is 2.00. The normalized spacial score (nSPS) is 12.4. The zero-order valence-electron chi connectivity index (χ0n) is 9.82. The summed E-state index contributed by atoms with van der Waals surface area (Å²) in [4.78, 5) is 6.24. The van der Waals surface area contributed by atoms with Crippen molar-refractivity contribution in [1.29, 1.82) is 0 Å². The molecule has 86 valence electrons. The molecule has 1 rings (SSSR count). The molecule has 0 fully saturated rings. The number of hydrogen-bond acceptors (Lipinski definition) is 5. The highest BCUT2D eigenvalue weighted by atomic mass is 16.5. The maximum absolute atomic E-state index is 8.74. The maximum atomic E-state index is 8.74. The number of aromatic nitrogens is 2. The summed E-state index contributed by atoms with van der Waals surface area (Å²) in [5.41, 5.74) is -0.110. The molecule has 0 spiro atoms. The first-order chi connectivity index (χ1) is 6.93. The molecule has 0 bridgehead atoms. The summed E-state index contributed by atoms with van der Waals surface area (Å²) < 4.78 is 5.16. The van der Waals surface area contributed by atoms with Gasteiger partial charge in [0.25, 0.3) is 0 Å². The lowest BCUT2D eigenvalue weighted by Gasteiger charge is -2.12. The Kier molecular flexibility index (Phi) is 3.82. The first-order valence-electron chi connectivity index (χ1n) is 5.06. The van der Waals surface area contributed by atoms with Crippen LogP contribution in [0.3, 0.4) is 0 Å². The van der Waals surface area contributed by atoms with Gasteiger partial charge in [0.15, 0.2) is 5.82 Å². The lowest BCUT2D eigenvalue weighted by atomic mass is 9.97. The molecule has 0 saturated carbocycles. The number of aliphatic hydroxyl groups excluding tert-OH is 1. The van der Waals surface area contributed by atoms with E-state index in [4.69, 9.17) is 9.63 Å². The van der Waals surface area contributed by atoms with E-state index in [1.165, 1.54) is 0 Å². The van der Waals surface area contributed by atoms with Gasteiger partial charge >= 0.3 is 0 Å². The van der Waals surface area contributed by atoms with Crippen molar-refractivity contribution in [2.75, 3.05) is 20.2 Å². The van der Waals surface area contributed by atoms with Gasteiger partial charge in [-0.25, -0.2) is 0 Å². The zero-order chi connectivity index (χ0) is 11.5. The molecule has 0 aliphatic carbocycles. The third-order valence-corrected chi connectivity index (χ3v) is 2.00. The molecule has 0 atom stereocenters. The quantitative estimate of drug-likeness (QED) is 0.801. The Morgan fingerprint density at radius 2 is 2.07 bits per heavy atom. The predicted octanol–water partition coefficient (Wildman–Crippen LogP) is 0.791. The van der Waals surface area contributed by atoms with Crippen LogP contribution in [0.25, 0.3) is 0 Å². The Morgan fingerprint density at radius 3 is 2.53 bits per heavy atom. The molecule has 0 amide bonds. The van der Waals surface area contributed by atoms with Gasteiger partial charge in [0.05, 0.1) is 13.2 Å². The fourth-order valence-corrected chi connectivity index (χ4v) is 1.11. The zero-order valence-corrected chi connectivity index (χ0v) is 9.82. The number of likely N-dealkylation sites (N-methyl/N-ethyl adjacent to an activating group) is 1. The molecule has 0 aliphatic heterocycles. The minimum atomic E-state index is -0.110.